The molecule has 0 saturated carbocycles. The van der Waals surface area contributed by atoms with Crippen LogP contribution in [0.1, 0.15) is 27.4 Å². The van der Waals surface area contributed by atoms with E-state index in [4.69, 9.17) is 16.6 Å². The number of hydrogen-bond acceptors (Lipinski definition) is 6. The van der Waals surface area contributed by atoms with Crippen LogP contribution in [0.5, 0.6) is 0 Å². The summed E-state index contributed by atoms with van der Waals surface area (Å²) < 4.78 is 24.2. The summed E-state index contributed by atoms with van der Waals surface area (Å²) in [5.41, 5.74) is 12.7. The van der Waals surface area contributed by atoms with Crippen LogP contribution in [0, 0.1) is 20.8 Å². The first-order valence-corrected chi connectivity index (χ1v) is 9.33. The summed E-state index contributed by atoms with van der Waals surface area (Å²) in [5.74, 6) is -0.748. The Bertz CT molecular complexity index is 1050. The van der Waals surface area contributed by atoms with E-state index in [1.54, 1.807) is 25.8 Å². The first-order valence-electron chi connectivity index (χ1n) is 7.78. The van der Waals surface area contributed by atoms with E-state index in [1.807, 2.05) is 6.92 Å². The predicted octanol–water partition coefficient (Wildman–Crippen LogP) is 0.653. The second-order valence-electron chi connectivity index (χ2n) is 5.93. The fourth-order valence-electron chi connectivity index (χ4n) is 2.47. The van der Waals surface area contributed by atoms with E-state index < -0.39 is 21.9 Å². The number of aryl methyl sites for hydroxylation is 3. The number of aliphatic imine (C=N–C) groups is 1. The minimum atomic E-state index is -4.16. The molecule has 0 aliphatic heterocycles. The number of benzene rings is 1. The average molecular weight is 428 g/mol. The topological polar surface area (TPSA) is 171 Å². The van der Waals surface area contributed by atoms with Gasteiger partial charge < -0.3 is 16.4 Å². The molecule has 2 rings (SSSR count). The molecule has 0 atom stereocenters. The summed E-state index contributed by atoms with van der Waals surface area (Å²) in [5, 5.41) is 5.35. The molecular formula is C16H22ClN7O3S. The standard InChI is InChI=1S/C16H21N7O3S.ClH/c1-8-9(2)21-14(10(3)20-8)23(4)12-6-5-11(15(24)22-16(17)18)7-13(12)27(19,25)26;/h5-7H,1-4H3,(H2,19,25,26)(H4,17,18,22,24);1H. The van der Waals surface area contributed by atoms with Crippen LogP contribution >= 0.6 is 12.4 Å². The van der Waals surface area contributed by atoms with E-state index in [0.29, 0.717) is 17.2 Å². The van der Waals surface area contributed by atoms with Crippen LogP contribution in [-0.4, -0.2) is 37.3 Å². The summed E-state index contributed by atoms with van der Waals surface area (Å²) in [6, 6.07) is 3.96. The van der Waals surface area contributed by atoms with Crippen molar-refractivity contribution in [2.45, 2.75) is 25.7 Å². The van der Waals surface area contributed by atoms with Crippen molar-refractivity contribution in [3.8, 4) is 0 Å². The summed E-state index contributed by atoms with van der Waals surface area (Å²) in [7, 11) is -2.52. The third-order valence-electron chi connectivity index (χ3n) is 3.88. The van der Waals surface area contributed by atoms with E-state index in [-0.39, 0.29) is 28.6 Å². The fourth-order valence-corrected chi connectivity index (χ4v) is 3.26. The highest BCUT2D eigenvalue weighted by Crippen LogP contribution is 2.31. The smallest absolute Gasteiger partial charge is 0.280 e. The van der Waals surface area contributed by atoms with Crippen LogP contribution in [-0.2, 0) is 10.0 Å². The number of hydrogen-bond donors (Lipinski definition) is 3. The highest BCUT2D eigenvalue weighted by atomic mass is 35.5. The quantitative estimate of drug-likeness (QED) is 0.471. The lowest BCUT2D eigenvalue weighted by atomic mass is 10.2. The summed E-state index contributed by atoms with van der Waals surface area (Å²) >= 11 is 0. The zero-order valence-corrected chi connectivity index (χ0v) is 17.4. The summed E-state index contributed by atoms with van der Waals surface area (Å²) in [6.07, 6.45) is 0. The highest BCUT2D eigenvalue weighted by molar-refractivity contribution is 7.89. The zero-order chi connectivity index (χ0) is 20.5. The molecular weight excluding hydrogens is 406 g/mol. The maximum Gasteiger partial charge on any atom is 0.280 e. The number of amides is 1. The normalized spacial score (nSPS) is 10.8. The van der Waals surface area contributed by atoms with Gasteiger partial charge in [-0.2, -0.15) is 4.99 Å². The molecule has 0 bridgehead atoms. The van der Waals surface area contributed by atoms with Gasteiger partial charge in [0.05, 0.1) is 22.8 Å². The zero-order valence-electron chi connectivity index (χ0n) is 15.8. The van der Waals surface area contributed by atoms with Gasteiger partial charge in [-0.3, -0.25) is 9.78 Å². The molecule has 0 radical (unpaired) electrons. The average Bonchev–Trinajstić information content (AvgIpc) is 2.55. The van der Waals surface area contributed by atoms with Crippen molar-refractivity contribution >= 4 is 45.8 Å². The van der Waals surface area contributed by atoms with Crippen LogP contribution in [0.4, 0.5) is 11.5 Å². The number of anilines is 2. The first-order chi connectivity index (χ1) is 12.4. The van der Waals surface area contributed by atoms with Crippen molar-refractivity contribution in [2.75, 3.05) is 11.9 Å². The van der Waals surface area contributed by atoms with Crippen molar-refractivity contribution in [2.24, 2.45) is 21.6 Å². The lowest BCUT2D eigenvalue weighted by Gasteiger charge is -2.23. The Morgan fingerprint density at radius 3 is 2.18 bits per heavy atom. The van der Waals surface area contributed by atoms with Crippen molar-refractivity contribution in [1.82, 2.24) is 9.97 Å². The third kappa shape index (κ3) is 4.94. The molecule has 1 aromatic carbocycles. The predicted molar refractivity (Wildman–Crippen MR) is 110 cm³/mol. The van der Waals surface area contributed by atoms with Gasteiger partial charge in [0, 0.05) is 12.6 Å². The number of rotatable bonds is 4. The Kier molecular flexibility index (Phi) is 7.07. The van der Waals surface area contributed by atoms with E-state index >= 15 is 0 Å². The lowest BCUT2D eigenvalue weighted by Crippen LogP contribution is -2.24. The molecule has 1 heterocycles. The molecule has 0 aliphatic rings. The minimum absolute atomic E-state index is 0. The van der Waals surface area contributed by atoms with E-state index in [9.17, 15) is 13.2 Å². The first kappa shape index (κ1) is 23.3. The number of halogens is 1. The second kappa shape index (κ2) is 8.50. The molecule has 10 nitrogen and oxygen atoms in total. The van der Waals surface area contributed by atoms with Gasteiger partial charge in [-0.1, -0.05) is 0 Å². The van der Waals surface area contributed by atoms with Crippen molar-refractivity contribution in [1.29, 1.82) is 0 Å². The molecule has 12 heteroatoms. The number of guanidine groups is 1. The van der Waals surface area contributed by atoms with Gasteiger partial charge in [0.25, 0.3) is 5.91 Å². The number of aromatic nitrogens is 2. The van der Waals surface area contributed by atoms with Crippen LogP contribution in [0.2, 0.25) is 0 Å². The monoisotopic (exact) mass is 427 g/mol. The lowest BCUT2D eigenvalue weighted by molar-refractivity contribution is 0.100. The van der Waals surface area contributed by atoms with E-state index in [1.165, 1.54) is 12.1 Å². The molecule has 0 unspecified atom stereocenters. The Labute approximate surface area is 169 Å². The molecule has 0 aliphatic carbocycles. The molecule has 1 amide bonds. The van der Waals surface area contributed by atoms with E-state index in [0.717, 1.165) is 11.8 Å². The molecule has 6 N–H and O–H groups in total. The van der Waals surface area contributed by atoms with Crippen molar-refractivity contribution in [3.05, 3.63) is 40.8 Å². The Morgan fingerprint density at radius 2 is 1.64 bits per heavy atom. The van der Waals surface area contributed by atoms with Crippen LogP contribution in [0.25, 0.3) is 0 Å². The number of sulfonamides is 1. The van der Waals surface area contributed by atoms with Gasteiger partial charge in [0.15, 0.2) is 11.8 Å². The second-order valence-corrected chi connectivity index (χ2v) is 7.46. The van der Waals surface area contributed by atoms with Gasteiger partial charge in [-0.05, 0) is 39.0 Å². The maximum absolute atomic E-state index is 12.1. The van der Waals surface area contributed by atoms with Gasteiger partial charge in [0.2, 0.25) is 10.0 Å². The number of nitrogens with two attached hydrogens (primary N) is 3. The maximum atomic E-state index is 12.1. The SMILES string of the molecule is Cc1nc(C)c(N(C)c2ccc(C(=O)N=C(N)N)cc2S(N)(=O)=O)nc1C.Cl. The van der Waals surface area contributed by atoms with Gasteiger partial charge in [0.1, 0.15) is 4.90 Å². The molecule has 152 valence electrons. The third-order valence-corrected chi connectivity index (χ3v) is 4.82. The number of carbonyl (C=O) groups excluding carboxylic acids is 1. The molecule has 1 aromatic heterocycles. The fraction of sp³-hybridized carbons (Fsp3) is 0.250. The molecule has 28 heavy (non-hydrogen) atoms. The van der Waals surface area contributed by atoms with Gasteiger partial charge in [-0.25, -0.2) is 18.5 Å². The van der Waals surface area contributed by atoms with Crippen LogP contribution < -0.4 is 21.5 Å². The van der Waals surface area contributed by atoms with Crippen molar-refractivity contribution in [3.63, 3.8) is 0 Å². The van der Waals surface area contributed by atoms with Crippen LogP contribution in [0.15, 0.2) is 28.1 Å². The number of carbonyl (C=O) groups is 1. The molecule has 0 spiro atoms. The Hall–Kier alpha value is -2.76. The molecule has 0 saturated heterocycles. The Balaban J connectivity index is 0.00000392. The summed E-state index contributed by atoms with van der Waals surface area (Å²) in [4.78, 5) is 25.6. The van der Waals surface area contributed by atoms with Crippen LogP contribution in [0.3, 0.4) is 0 Å². The molecule has 0 fully saturated rings. The largest absolute Gasteiger partial charge is 0.370 e. The van der Waals surface area contributed by atoms with Gasteiger partial charge >= 0.3 is 0 Å². The van der Waals surface area contributed by atoms with Crippen molar-refractivity contribution < 1.29 is 13.2 Å². The van der Waals surface area contributed by atoms with Gasteiger partial charge in [-0.15, -0.1) is 12.4 Å². The summed E-state index contributed by atoms with van der Waals surface area (Å²) in [6.45, 7) is 5.40. The molecule has 2 aromatic rings. The van der Waals surface area contributed by atoms with E-state index in [2.05, 4.69) is 15.0 Å². The minimum Gasteiger partial charge on any atom is -0.370 e. The Morgan fingerprint density at radius 1 is 1.07 bits per heavy atom. The number of primary sulfonamides is 1. The number of nitrogens with zero attached hydrogens (tertiary/aromatic N) is 4. The highest BCUT2D eigenvalue weighted by Gasteiger charge is 2.22.